The van der Waals surface area contributed by atoms with Crippen LogP contribution in [0.25, 0.3) is 21.8 Å². The summed E-state index contributed by atoms with van der Waals surface area (Å²) in [5.41, 5.74) is 3.02. The van der Waals surface area contributed by atoms with Crippen molar-refractivity contribution >= 4 is 27.7 Å². The van der Waals surface area contributed by atoms with Gasteiger partial charge in [-0.3, -0.25) is 9.78 Å². The molecular formula is C22H20N4O. The van der Waals surface area contributed by atoms with Crippen molar-refractivity contribution in [2.75, 3.05) is 13.1 Å². The topological polar surface area (TPSA) is 61.9 Å². The van der Waals surface area contributed by atoms with Crippen LogP contribution in [-0.2, 0) is 0 Å². The van der Waals surface area contributed by atoms with Crippen LogP contribution in [0.1, 0.15) is 34.7 Å². The summed E-state index contributed by atoms with van der Waals surface area (Å²) >= 11 is 0. The van der Waals surface area contributed by atoms with Gasteiger partial charge in [-0.25, -0.2) is 4.98 Å². The highest BCUT2D eigenvalue weighted by atomic mass is 16.2. The molecule has 4 heterocycles. The Kier molecular flexibility index (Phi) is 3.85. The lowest BCUT2D eigenvalue weighted by atomic mass is 9.89. The number of carbonyl (C=O) groups excluding carboxylic acids is 1. The molecule has 3 aromatic heterocycles. The van der Waals surface area contributed by atoms with Crippen LogP contribution in [0.15, 0.2) is 61.2 Å². The fraction of sp³-hybridized carbons (Fsp3) is 0.227. The number of aromatic nitrogens is 3. The molecule has 0 saturated carbocycles. The SMILES string of the molecule is O=C(c1ccc2cnccc2c1)N1CCC(c2c[nH]c3ncccc23)CC1. The zero-order valence-corrected chi connectivity index (χ0v) is 14.9. The van der Waals surface area contributed by atoms with Crippen molar-refractivity contribution in [2.45, 2.75) is 18.8 Å². The highest BCUT2D eigenvalue weighted by Gasteiger charge is 2.26. The van der Waals surface area contributed by atoms with E-state index in [2.05, 4.69) is 27.2 Å². The standard InChI is InChI=1S/C22H20N4O/c27-22(17-3-4-18-13-23-9-5-16(18)12-17)26-10-6-15(7-11-26)20-14-25-21-19(20)2-1-8-24-21/h1-5,8-9,12-15H,6-7,10-11H2,(H,24,25). The Morgan fingerprint density at radius 2 is 1.96 bits per heavy atom. The second kappa shape index (κ2) is 6.50. The van der Waals surface area contributed by atoms with Crippen molar-refractivity contribution < 1.29 is 4.79 Å². The molecule has 0 bridgehead atoms. The molecule has 1 N–H and O–H groups in total. The smallest absolute Gasteiger partial charge is 0.253 e. The van der Waals surface area contributed by atoms with Gasteiger partial charge in [0, 0.05) is 54.2 Å². The Morgan fingerprint density at radius 1 is 1.07 bits per heavy atom. The van der Waals surface area contributed by atoms with Gasteiger partial charge in [0.15, 0.2) is 0 Å². The monoisotopic (exact) mass is 356 g/mol. The van der Waals surface area contributed by atoms with Gasteiger partial charge in [0.05, 0.1) is 0 Å². The lowest BCUT2D eigenvalue weighted by Crippen LogP contribution is -2.37. The number of amides is 1. The first kappa shape index (κ1) is 16.0. The van der Waals surface area contributed by atoms with Gasteiger partial charge in [-0.1, -0.05) is 6.07 Å². The second-order valence-electron chi connectivity index (χ2n) is 7.15. The summed E-state index contributed by atoms with van der Waals surface area (Å²) < 4.78 is 0. The first-order chi connectivity index (χ1) is 13.3. The van der Waals surface area contributed by atoms with Crippen LogP contribution in [-0.4, -0.2) is 38.8 Å². The van der Waals surface area contributed by atoms with E-state index < -0.39 is 0 Å². The Hall–Kier alpha value is -3.21. The van der Waals surface area contributed by atoms with Gasteiger partial charge in [0.25, 0.3) is 5.91 Å². The molecule has 0 spiro atoms. The van der Waals surface area contributed by atoms with E-state index in [9.17, 15) is 4.79 Å². The number of nitrogens with zero attached hydrogens (tertiary/aromatic N) is 3. The number of piperidine rings is 1. The number of benzene rings is 1. The number of hydrogen-bond donors (Lipinski definition) is 1. The van der Waals surface area contributed by atoms with E-state index in [0.29, 0.717) is 5.92 Å². The molecule has 1 saturated heterocycles. The van der Waals surface area contributed by atoms with E-state index in [0.717, 1.165) is 47.9 Å². The van der Waals surface area contributed by atoms with Crippen LogP contribution in [0, 0.1) is 0 Å². The molecular weight excluding hydrogens is 336 g/mol. The molecule has 0 atom stereocenters. The van der Waals surface area contributed by atoms with E-state index >= 15 is 0 Å². The Morgan fingerprint density at radius 3 is 2.85 bits per heavy atom. The van der Waals surface area contributed by atoms with Gasteiger partial charge in [-0.2, -0.15) is 0 Å². The van der Waals surface area contributed by atoms with E-state index in [1.54, 1.807) is 6.20 Å². The molecule has 1 aliphatic heterocycles. The van der Waals surface area contributed by atoms with Crippen molar-refractivity contribution in [1.29, 1.82) is 0 Å². The normalized spacial score (nSPS) is 15.5. The average Bonchev–Trinajstić information content (AvgIpc) is 3.17. The molecule has 1 aromatic carbocycles. The molecule has 1 aliphatic rings. The van der Waals surface area contributed by atoms with E-state index in [1.165, 1.54) is 10.9 Å². The van der Waals surface area contributed by atoms with Crippen molar-refractivity contribution in [3.63, 3.8) is 0 Å². The minimum Gasteiger partial charge on any atom is -0.346 e. The molecule has 27 heavy (non-hydrogen) atoms. The molecule has 0 unspecified atom stereocenters. The van der Waals surface area contributed by atoms with E-state index in [1.807, 2.05) is 47.6 Å². The number of fused-ring (bicyclic) bond motifs is 2. The Balaban J connectivity index is 1.32. The second-order valence-corrected chi connectivity index (χ2v) is 7.15. The molecule has 5 heteroatoms. The first-order valence-electron chi connectivity index (χ1n) is 9.34. The first-order valence-corrected chi connectivity index (χ1v) is 9.34. The lowest BCUT2D eigenvalue weighted by molar-refractivity contribution is 0.0713. The van der Waals surface area contributed by atoms with E-state index in [4.69, 9.17) is 0 Å². The minimum atomic E-state index is 0.118. The number of nitrogens with one attached hydrogen (secondary N) is 1. The molecule has 4 aromatic rings. The van der Waals surface area contributed by atoms with Gasteiger partial charge in [-0.05, 0) is 60.0 Å². The summed E-state index contributed by atoms with van der Waals surface area (Å²) in [6, 6.07) is 11.9. The molecule has 5 nitrogen and oxygen atoms in total. The third-order valence-electron chi connectivity index (χ3n) is 5.59. The largest absolute Gasteiger partial charge is 0.346 e. The lowest BCUT2D eigenvalue weighted by Gasteiger charge is -2.32. The fourth-order valence-electron chi connectivity index (χ4n) is 4.11. The number of rotatable bonds is 2. The third-order valence-corrected chi connectivity index (χ3v) is 5.59. The summed E-state index contributed by atoms with van der Waals surface area (Å²) in [6.07, 6.45) is 9.43. The van der Waals surface area contributed by atoms with Crippen LogP contribution in [0.3, 0.4) is 0 Å². The number of pyridine rings is 2. The van der Waals surface area contributed by atoms with Crippen molar-refractivity contribution in [1.82, 2.24) is 19.9 Å². The summed E-state index contributed by atoms with van der Waals surface area (Å²) in [4.78, 5) is 26.7. The van der Waals surface area contributed by atoms with Crippen LogP contribution in [0.2, 0.25) is 0 Å². The van der Waals surface area contributed by atoms with Crippen LogP contribution in [0.4, 0.5) is 0 Å². The van der Waals surface area contributed by atoms with E-state index in [-0.39, 0.29) is 5.91 Å². The number of likely N-dealkylation sites (tertiary alicyclic amines) is 1. The maximum Gasteiger partial charge on any atom is 0.253 e. The molecule has 1 amide bonds. The minimum absolute atomic E-state index is 0.118. The summed E-state index contributed by atoms with van der Waals surface area (Å²) in [6.45, 7) is 1.57. The van der Waals surface area contributed by atoms with Gasteiger partial charge in [0.2, 0.25) is 0 Å². The van der Waals surface area contributed by atoms with Crippen molar-refractivity contribution in [3.8, 4) is 0 Å². The Bertz CT molecular complexity index is 1130. The zero-order valence-electron chi connectivity index (χ0n) is 14.9. The predicted molar refractivity (Wildman–Crippen MR) is 106 cm³/mol. The molecule has 0 aliphatic carbocycles. The highest BCUT2D eigenvalue weighted by Crippen LogP contribution is 2.33. The van der Waals surface area contributed by atoms with Crippen LogP contribution in [0.5, 0.6) is 0 Å². The van der Waals surface area contributed by atoms with Crippen molar-refractivity contribution in [2.24, 2.45) is 0 Å². The quantitative estimate of drug-likeness (QED) is 0.587. The maximum absolute atomic E-state index is 12.9. The predicted octanol–water partition coefficient (Wildman–Crippen LogP) is 4.13. The number of H-pyrrole nitrogens is 1. The number of aromatic amines is 1. The average molecular weight is 356 g/mol. The number of hydrogen-bond acceptors (Lipinski definition) is 3. The van der Waals surface area contributed by atoms with Gasteiger partial charge in [-0.15, -0.1) is 0 Å². The summed E-state index contributed by atoms with van der Waals surface area (Å²) in [5, 5.41) is 3.31. The summed E-state index contributed by atoms with van der Waals surface area (Å²) in [5.74, 6) is 0.586. The molecule has 5 rings (SSSR count). The summed E-state index contributed by atoms with van der Waals surface area (Å²) in [7, 11) is 0. The molecule has 134 valence electrons. The van der Waals surface area contributed by atoms with Crippen LogP contribution >= 0.6 is 0 Å². The zero-order chi connectivity index (χ0) is 18.2. The van der Waals surface area contributed by atoms with Gasteiger partial charge >= 0.3 is 0 Å². The van der Waals surface area contributed by atoms with Crippen molar-refractivity contribution in [3.05, 3.63) is 72.3 Å². The van der Waals surface area contributed by atoms with Gasteiger partial charge in [0.1, 0.15) is 5.65 Å². The fourth-order valence-corrected chi connectivity index (χ4v) is 4.11. The maximum atomic E-state index is 12.9. The Labute approximate surface area is 157 Å². The molecule has 1 fully saturated rings. The third kappa shape index (κ3) is 2.85. The van der Waals surface area contributed by atoms with Gasteiger partial charge < -0.3 is 9.88 Å². The number of carbonyl (C=O) groups is 1. The highest BCUT2D eigenvalue weighted by molar-refractivity contribution is 5.98. The van der Waals surface area contributed by atoms with Crippen LogP contribution < -0.4 is 0 Å². The molecule has 0 radical (unpaired) electrons.